The quantitative estimate of drug-likeness (QED) is 0.784. The van der Waals surface area contributed by atoms with E-state index >= 15 is 0 Å². The molecule has 3 nitrogen and oxygen atoms in total. The lowest BCUT2D eigenvalue weighted by atomic mass is 9.80. The summed E-state index contributed by atoms with van der Waals surface area (Å²) in [5, 5.41) is 12.0. The van der Waals surface area contributed by atoms with Crippen molar-refractivity contribution in [3.8, 4) is 0 Å². The predicted molar refractivity (Wildman–Crippen MR) is 110 cm³/mol. The Morgan fingerprint density at radius 3 is 2.44 bits per heavy atom. The van der Waals surface area contributed by atoms with Crippen LogP contribution in [0.4, 0.5) is 10.1 Å². The maximum Gasteiger partial charge on any atom is 0.123 e. The van der Waals surface area contributed by atoms with E-state index in [9.17, 15) is 9.50 Å². The highest BCUT2D eigenvalue weighted by Crippen LogP contribution is 2.34. The van der Waals surface area contributed by atoms with E-state index in [-0.39, 0.29) is 11.7 Å². The summed E-state index contributed by atoms with van der Waals surface area (Å²) in [6.45, 7) is 8.51. The third kappa shape index (κ3) is 4.63. The Hall–Kier alpha value is -1.62. The van der Waals surface area contributed by atoms with Gasteiger partial charge in [-0.25, -0.2) is 4.39 Å². The average Bonchev–Trinajstić information content (AvgIpc) is 2.68. The first-order valence-corrected chi connectivity index (χ1v) is 10.0. The number of piperazine rings is 1. The molecule has 0 aromatic heterocycles. The molecule has 2 aromatic carbocycles. The van der Waals surface area contributed by atoms with Gasteiger partial charge in [-0.15, -0.1) is 0 Å². The number of nitrogens with zero attached hydrogens (tertiary/aromatic N) is 2. The number of aliphatic hydroxyl groups is 1. The van der Waals surface area contributed by atoms with Gasteiger partial charge < -0.3 is 10.0 Å². The van der Waals surface area contributed by atoms with Crippen molar-refractivity contribution < 1.29 is 9.50 Å². The molecule has 0 aliphatic carbocycles. The minimum atomic E-state index is -1.02. The highest BCUT2D eigenvalue weighted by Gasteiger charge is 2.35. The second-order valence-corrected chi connectivity index (χ2v) is 7.89. The highest BCUT2D eigenvalue weighted by molar-refractivity contribution is 6.30. The van der Waals surface area contributed by atoms with Crippen LogP contribution in [0.25, 0.3) is 0 Å². The number of benzene rings is 2. The molecule has 146 valence electrons. The molecular weight excluding hydrogens is 363 g/mol. The summed E-state index contributed by atoms with van der Waals surface area (Å²) in [5.74, 6) is -0.302. The van der Waals surface area contributed by atoms with Crippen LogP contribution in [0.5, 0.6) is 0 Å². The van der Waals surface area contributed by atoms with Gasteiger partial charge in [-0.05, 0) is 42.3 Å². The molecule has 3 rings (SSSR count). The number of anilines is 1. The van der Waals surface area contributed by atoms with Crippen LogP contribution >= 0.6 is 11.6 Å². The zero-order valence-corrected chi connectivity index (χ0v) is 16.8. The number of halogens is 2. The fourth-order valence-corrected chi connectivity index (χ4v) is 4.18. The van der Waals surface area contributed by atoms with Crippen LogP contribution in [-0.4, -0.2) is 42.7 Å². The molecule has 1 heterocycles. The van der Waals surface area contributed by atoms with Crippen molar-refractivity contribution in [1.29, 1.82) is 0 Å². The van der Waals surface area contributed by atoms with Crippen LogP contribution in [0, 0.1) is 11.7 Å². The molecular formula is C22H28ClFN2O. The molecule has 1 fully saturated rings. The van der Waals surface area contributed by atoms with Crippen molar-refractivity contribution in [2.75, 3.05) is 37.6 Å². The summed E-state index contributed by atoms with van der Waals surface area (Å²) >= 11 is 6.11. The molecule has 2 aromatic rings. The van der Waals surface area contributed by atoms with E-state index in [1.807, 2.05) is 31.2 Å². The van der Waals surface area contributed by atoms with E-state index in [1.165, 1.54) is 12.1 Å². The molecule has 0 amide bonds. The third-order valence-electron chi connectivity index (χ3n) is 5.76. The van der Waals surface area contributed by atoms with Crippen molar-refractivity contribution in [2.24, 2.45) is 5.92 Å². The fourth-order valence-electron chi connectivity index (χ4n) is 3.99. The van der Waals surface area contributed by atoms with E-state index in [1.54, 1.807) is 6.07 Å². The molecule has 1 N–H and O–H groups in total. The predicted octanol–water partition coefficient (Wildman–Crippen LogP) is 4.54. The summed E-state index contributed by atoms with van der Waals surface area (Å²) in [6, 6.07) is 14.3. The van der Waals surface area contributed by atoms with Crippen LogP contribution in [0.15, 0.2) is 48.5 Å². The van der Waals surface area contributed by atoms with Gasteiger partial charge in [0.15, 0.2) is 0 Å². The Kier molecular flexibility index (Phi) is 6.40. The topological polar surface area (TPSA) is 26.7 Å². The maximum atomic E-state index is 13.7. The van der Waals surface area contributed by atoms with Gasteiger partial charge in [0.2, 0.25) is 0 Å². The maximum absolute atomic E-state index is 13.7. The first kappa shape index (κ1) is 20.1. The Morgan fingerprint density at radius 1 is 1.11 bits per heavy atom. The van der Waals surface area contributed by atoms with E-state index in [0.29, 0.717) is 12.0 Å². The third-order valence-corrected chi connectivity index (χ3v) is 5.99. The second-order valence-electron chi connectivity index (χ2n) is 7.46. The van der Waals surface area contributed by atoms with E-state index in [0.717, 1.165) is 43.4 Å². The highest BCUT2D eigenvalue weighted by atomic mass is 35.5. The normalized spacial score (nSPS) is 18.9. The van der Waals surface area contributed by atoms with E-state index in [4.69, 9.17) is 11.6 Å². The lowest BCUT2D eigenvalue weighted by molar-refractivity contribution is -0.0341. The van der Waals surface area contributed by atoms with Crippen molar-refractivity contribution in [3.05, 3.63) is 64.9 Å². The SMILES string of the molecule is CCC(O)(c1cccc(F)c1)C(C)CN1CCN(c2cccc(Cl)c2)CC1. The smallest absolute Gasteiger partial charge is 0.123 e. The number of hydrogen-bond donors (Lipinski definition) is 1. The molecule has 1 aliphatic rings. The molecule has 5 heteroatoms. The van der Waals surface area contributed by atoms with Crippen LogP contribution in [0.1, 0.15) is 25.8 Å². The molecule has 1 saturated heterocycles. The van der Waals surface area contributed by atoms with Crippen LogP contribution in [0.3, 0.4) is 0 Å². The molecule has 0 saturated carbocycles. The lowest BCUT2D eigenvalue weighted by Gasteiger charge is -2.41. The van der Waals surface area contributed by atoms with Crippen LogP contribution < -0.4 is 4.90 Å². The first-order valence-electron chi connectivity index (χ1n) is 9.63. The minimum absolute atomic E-state index is 0.00187. The van der Waals surface area contributed by atoms with Gasteiger partial charge in [-0.3, -0.25) is 4.90 Å². The first-order chi connectivity index (χ1) is 12.9. The van der Waals surface area contributed by atoms with Gasteiger partial charge in [-0.2, -0.15) is 0 Å². The van der Waals surface area contributed by atoms with E-state index < -0.39 is 5.60 Å². The Labute approximate surface area is 166 Å². The summed E-state index contributed by atoms with van der Waals surface area (Å²) in [6.07, 6.45) is 0.556. The fraction of sp³-hybridized carbons (Fsp3) is 0.455. The van der Waals surface area contributed by atoms with Crippen molar-refractivity contribution >= 4 is 17.3 Å². The van der Waals surface area contributed by atoms with Crippen LogP contribution in [-0.2, 0) is 5.60 Å². The largest absolute Gasteiger partial charge is 0.385 e. The second kappa shape index (κ2) is 8.59. The molecule has 2 unspecified atom stereocenters. The molecule has 0 spiro atoms. The Balaban J connectivity index is 1.62. The molecule has 0 bridgehead atoms. The monoisotopic (exact) mass is 390 g/mol. The number of hydrogen-bond acceptors (Lipinski definition) is 3. The van der Waals surface area contributed by atoms with Gasteiger partial charge in [0.1, 0.15) is 5.82 Å². The van der Waals surface area contributed by atoms with E-state index in [2.05, 4.69) is 22.8 Å². The average molecular weight is 391 g/mol. The molecule has 1 aliphatic heterocycles. The van der Waals surface area contributed by atoms with Crippen LogP contribution in [0.2, 0.25) is 5.02 Å². The standard InChI is InChI=1S/C22H28ClFN2O/c1-3-22(27,18-6-4-8-20(24)14-18)17(2)16-25-10-12-26(13-11-25)21-9-5-7-19(23)15-21/h4-9,14-15,17,27H,3,10-13,16H2,1-2H3. The van der Waals surface area contributed by atoms with Crippen molar-refractivity contribution in [3.63, 3.8) is 0 Å². The zero-order valence-electron chi connectivity index (χ0n) is 16.0. The van der Waals surface area contributed by atoms with Crippen molar-refractivity contribution in [2.45, 2.75) is 25.9 Å². The number of rotatable bonds is 6. The van der Waals surface area contributed by atoms with Crippen molar-refractivity contribution in [1.82, 2.24) is 4.90 Å². The summed E-state index contributed by atoms with van der Waals surface area (Å²) in [5.41, 5.74) is 0.793. The summed E-state index contributed by atoms with van der Waals surface area (Å²) in [7, 11) is 0. The molecule has 2 atom stereocenters. The van der Waals surface area contributed by atoms with Gasteiger partial charge in [-0.1, -0.05) is 43.6 Å². The molecule has 27 heavy (non-hydrogen) atoms. The lowest BCUT2D eigenvalue weighted by Crippen LogP contribution is -2.50. The van der Waals surface area contributed by atoms with Gasteiger partial charge in [0.25, 0.3) is 0 Å². The summed E-state index contributed by atoms with van der Waals surface area (Å²) in [4.78, 5) is 4.72. The minimum Gasteiger partial charge on any atom is -0.385 e. The Bertz CT molecular complexity index is 763. The summed E-state index contributed by atoms with van der Waals surface area (Å²) < 4.78 is 13.7. The zero-order chi connectivity index (χ0) is 19.4. The Morgan fingerprint density at radius 2 is 1.81 bits per heavy atom. The molecule has 0 radical (unpaired) electrons. The van der Waals surface area contributed by atoms with Gasteiger partial charge >= 0.3 is 0 Å². The van der Waals surface area contributed by atoms with Gasteiger partial charge in [0.05, 0.1) is 5.60 Å². The van der Waals surface area contributed by atoms with Gasteiger partial charge in [0, 0.05) is 49.4 Å².